The van der Waals surface area contributed by atoms with Gasteiger partial charge in [0.2, 0.25) is 0 Å². The lowest BCUT2D eigenvalue weighted by Gasteiger charge is -2.18. The molecule has 1 fully saturated rings. The molecule has 3 heteroatoms. The fraction of sp³-hybridized carbons (Fsp3) is 0.538. The molecule has 1 saturated heterocycles. The van der Waals surface area contributed by atoms with E-state index in [1.54, 1.807) is 0 Å². The zero-order valence-corrected chi connectivity index (χ0v) is 9.60. The number of anilines is 1. The van der Waals surface area contributed by atoms with E-state index < -0.39 is 6.10 Å². The third-order valence-corrected chi connectivity index (χ3v) is 3.15. The highest BCUT2D eigenvalue weighted by Crippen LogP contribution is 2.20. The maximum Gasteiger partial charge on any atom is 0.0702 e. The van der Waals surface area contributed by atoms with Crippen molar-refractivity contribution >= 4 is 5.69 Å². The molecular formula is C13H20N2O. The SMILES string of the molecule is NCC(O)Cc1ccc(N2CCCC2)cc1. The largest absolute Gasteiger partial charge is 0.391 e. The van der Waals surface area contributed by atoms with Crippen molar-refractivity contribution in [2.45, 2.75) is 25.4 Å². The van der Waals surface area contributed by atoms with Crippen LogP contribution in [0.3, 0.4) is 0 Å². The van der Waals surface area contributed by atoms with E-state index >= 15 is 0 Å². The van der Waals surface area contributed by atoms with Crippen molar-refractivity contribution in [3.05, 3.63) is 29.8 Å². The Hall–Kier alpha value is -1.06. The first-order valence-corrected chi connectivity index (χ1v) is 6.01. The lowest BCUT2D eigenvalue weighted by Crippen LogP contribution is -2.22. The lowest BCUT2D eigenvalue weighted by atomic mass is 10.1. The van der Waals surface area contributed by atoms with Gasteiger partial charge in [-0.3, -0.25) is 0 Å². The molecule has 0 aliphatic carbocycles. The first-order valence-electron chi connectivity index (χ1n) is 6.01. The van der Waals surface area contributed by atoms with E-state index in [-0.39, 0.29) is 0 Å². The fourth-order valence-corrected chi connectivity index (χ4v) is 2.17. The van der Waals surface area contributed by atoms with Crippen molar-refractivity contribution in [2.24, 2.45) is 5.73 Å². The molecule has 16 heavy (non-hydrogen) atoms. The van der Waals surface area contributed by atoms with Gasteiger partial charge in [0, 0.05) is 25.3 Å². The van der Waals surface area contributed by atoms with Crippen molar-refractivity contribution in [3.63, 3.8) is 0 Å². The molecule has 3 nitrogen and oxygen atoms in total. The van der Waals surface area contributed by atoms with E-state index in [2.05, 4.69) is 29.2 Å². The van der Waals surface area contributed by atoms with Gasteiger partial charge >= 0.3 is 0 Å². The number of aliphatic hydroxyl groups excluding tert-OH is 1. The molecule has 1 atom stereocenters. The first-order chi connectivity index (χ1) is 7.79. The van der Waals surface area contributed by atoms with E-state index in [4.69, 9.17) is 5.73 Å². The van der Waals surface area contributed by atoms with Crippen LogP contribution in [0.15, 0.2) is 24.3 Å². The number of benzene rings is 1. The van der Waals surface area contributed by atoms with Crippen LogP contribution in [0.25, 0.3) is 0 Å². The summed E-state index contributed by atoms with van der Waals surface area (Å²) in [5.74, 6) is 0. The van der Waals surface area contributed by atoms with Gasteiger partial charge in [0.05, 0.1) is 6.10 Å². The molecule has 0 bridgehead atoms. The third-order valence-electron chi connectivity index (χ3n) is 3.15. The standard InChI is InChI=1S/C13H20N2O/c14-10-13(16)9-11-3-5-12(6-4-11)15-7-1-2-8-15/h3-6,13,16H,1-2,7-10,14H2. The lowest BCUT2D eigenvalue weighted by molar-refractivity contribution is 0.183. The average Bonchev–Trinajstić information content (AvgIpc) is 2.83. The van der Waals surface area contributed by atoms with Gasteiger partial charge in [-0.15, -0.1) is 0 Å². The van der Waals surface area contributed by atoms with Crippen LogP contribution in [-0.2, 0) is 6.42 Å². The highest BCUT2D eigenvalue weighted by Gasteiger charge is 2.12. The highest BCUT2D eigenvalue weighted by atomic mass is 16.3. The molecule has 0 spiro atoms. The molecule has 1 aromatic rings. The molecule has 0 amide bonds. The van der Waals surface area contributed by atoms with Crippen LogP contribution in [0.5, 0.6) is 0 Å². The van der Waals surface area contributed by atoms with Gasteiger partial charge in [-0.2, -0.15) is 0 Å². The smallest absolute Gasteiger partial charge is 0.0702 e. The summed E-state index contributed by atoms with van der Waals surface area (Å²) < 4.78 is 0. The third kappa shape index (κ3) is 2.74. The van der Waals surface area contributed by atoms with Gasteiger partial charge in [0.1, 0.15) is 0 Å². The number of hydrogen-bond acceptors (Lipinski definition) is 3. The Kier molecular flexibility index (Phi) is 3.80. The Labute approximate surface area is 96.9 Å². The maximum absolute atomic E-state index is 9.46. The average molecular weight is 220 g/mol. The van der Waals surface area contributed by atoms with Gasteiger partial charge in [-0.1, -0.05) is 12.1 Å². The molecular weight excluding hydrogens is 200 g/mol. The van der Waals surface area contributed by atoms with E-state index in [1.165, 1.54) is 31.6 Å². The molecule has 1 aromatic carbocycles. The summed E-state index contributed by atoms with van der Waals surface area (Å²) in [5.41, 5.74) is 7.84. The van der Waals surface area contributed by atoms with Crippen LogP contribution in [0.2, 0.25) is 0 Å². The summed E-state index contributed by atoms with van der Waals surface area (Å²) in [6.45, 7) is 2.67. The number of rotatable bonds is 4. The molecule has 3 N–H and O–H groups in total. The number of aliphatic hydroxyl groups is 1. The summed E-state index contributed by atoms with van der Waals surface area (Å²) in [6, 6.07) is 8.47. The van der Waals surface area contributed by atoms with Gasteiger partial charge in [0.15, 0.2) is 0 Å². The van der Waals surface area contributed by atoms with Crippen molar-refractivity contribution in [2.75, 3.05) is 24.5 Å². The second-order valence-electron chi connectivity index (χ2n) is 4.45. The van der Waals surface area contributed by atoms with E-state index in [0.717, 1.165) is 5.56 Å². The Morgan fingerprint density at radius 1 is 1.19 bits per heavy atom. The summed E-state index contributed by atoms with van der Waals surface area (Å²) in [7, 11) is 0. The number of nitrogens with zero attached hydrogens (tertiary/aromatic N) is 1. The van der Waals surface area contributed by atoms with Gasteiger partial charge < -0.3 is 15.7 Å². The first kappa shape index (κ1) is 11.4. The van der Waals surface area contributed by atoms with Crippen molar-refractivity contribution in [1.29, 1.82) is 0 Å². The van der Waals surface area contributed by atoms with Crippen LogP contribution in [0.1, 0.15) is 18.4 Å². The van der Waals surface area contributed by atoms with Gasteiger partial charge in [0.25, 0.3) is 0 Å². The van der Waals surface area contributed by atoms with Crippen LogP contribution in [-0.4, -0.2) is 30.8 Å². The molecule has 88 valence electrons. The number of hydrogen-bond donors (Lipinski definition) is 2. The minimum Gasteiger partial charge on any atom is -0.391 e. The van der Waals surface area contributed by atoms with E-state index in [0.29, 0.717) is 13.0 Å². The summed E-state index contributed by atoms with van der Waals surface area (Å²) in [5, 5.41) is 9.46. The van der Waals surface area contributed by atoms with Crippen LogP contribution in [0.4, 0.5) is 5.69 Å². The van der Waals surface area contributed by atoms with E-state index in [9.17, 15) is 5.11 Å². The maximum atomic E-state index is 9.46. The minimum atomic E-state index is -0.419. The molecule has 2 rings (SSSR count). The van der Waals surface area contributed by atoms with Gasteiger partial charge in [-0.25, -0.2) is 0 Å². The van der Waals surface area contributed by atoms with Crippen molar-refractivity contribution < 1.29 is 5.11 Å². The minimum absolute atomic E-state index is 0.327. The molecule has 0 radical (unpaired) electrons. The topological polar surface area (TPSA) is 49.5 Å². The molecule has 1 unspecified atom stereocenters. The van der Waals surface area contributed by atoms with Crippen LogP contribution < -0.4 is 10.6 Å². The number of nitrogens with two attached hydrogens (primary N) is 1. The van der Waals surface area contributed by atoms with E-state index in [1.807, 2.05) is 0 Å². The van der Waals surface area contributed by atoms with Crippen molar-refractivity contribution in [1.82, 2.24) is 0 Å². The molecule has 0 saturated carbocycles. The molecule has 1 aliphatic heterocycles. The zero-order valence-electron chi connectivity index (χ0n) is 9.60. The van der Waals surface area contributed by atoms with Crippen LogP contribution in [0, 0.1) is 0 Å². The van der Waals surface area contributed by atoms with Crippen molar-refractivity contribution in [3.8, 4) is 0 Å². The predicted octanol–water partition coefficient (Wildman–Crippen LogP) is 1.15. The predicted molar refractivity (Wildman–Crippen MR) is 66.7 cm³/mol. The normalized spacial score (nSPS) is 17.8. The Morgan fingerprint density at radius 3 is 2.38 bits per heavy atom. The Balaban J connectivity index is 1.98. The second kappa shape index (κ2) is 5.32. The summed E-state index contributed by atoms with van der Waals surface area (Å²) in [4.78, 5) is 2.41. The molecule has 0 aromatic heterocycles. The monoisotopic (exact) mass is 220 g/mol. The molecule has 1 heterocycles. The molecule has 1 aliphatic rings. The Bertz CT molecular complexity index is 317. The second-order valence-corrected chi connectivity index (χ2v) is 4.45. The summed E-state index contributed by atoms with van der Waals surface area (Å²) >= 11 is 0. The quantitative estimate of drug-likeness (QED) is 0.800. The van der Waals surface area contributed by atoms with Crippen LogP contribution >= 0.6 is 0 Å². The Morgan fingerprint density at radius 2 is 1.81 bits per heavy atom. The zero-order chi connectivity index (χ0) is 11.4. The summed E-state index contributed by atoms with van der Waals surface area (Å²) in [6.07, 6.45) is 2.83. The fourth-order valence-electron chi connectivity index (χ4n) is 2.17. The highest BCUT2D eigenvalue weighted by molar-refractivity contribution is 5.48. The van der Waals surface area contributed by atoms with Gasteiger partial charge in [-0.05, 0) is 37.0 Å².